The van der Waals surface area contributed by atoms with E-state index in [1.54, 1.807) is 50.0 Å². The summed E-state index contributed by atoms with van der Waals surface area (Å²) in [4.78, 5) is 42.2. The predicted octanol–water partition coefficient (Wildman–Crippen LogP) is 0.995. The van der Waals surface area contributed by atoms with Gasteiger partial charge in [0.05, 0.1) is 6.54 Å². The Morgan fingerprint density at radius 1 is 1.00 bits per heavy atom. The van der Waals surface area contributed by atoms with Crippen LogP contribution in [0.15, 0.2) is 64.8 Å². The van der Waals surface area contributed by atoms with E-state index in [1.807, 2.05) is 6.07 Å². The van der Waals surface area contributed by atoms with Crippen molar-refractivity contribution < 1.29 is 0 Å². The topological polar surface area (TPSA) is 95.6 Å². The highest BCUT2D eigenvalue weighted by Gasteiger charge is 2.14. The van der Waals surface area contributed by atoms with Crippen molar-refractivity contribution in [2.24, 2.45) is 7.05 Å². The molecule has 0 atom stereocenters. The zero-order chi connectivity index (χ0) is 18.1. The first-order chi connectivity index (χ1) is 12.6. The molecular weight excluding hydrogens is 332 g/mol. The van der Waals surface area contributed by atoms with Crippen molar-refractivity contribution in [2.45, 2.75) is 6.54 Å². The minimum atomic E-state index is -0.439. The highest BCUT2D eigenvalue weighted by atomic mass is 16.2. The second-order valence-corrected chi connectivity index (χ2v) is 5.76. The number of aromatic nitrogens is 6. The molecule has 4 rings (SSSR count). The Morgan fingerprint density at radius 2 is 1.81 bits per heavy atom. The fraction of sp³-hybridized carbons (Fsp3) is 0.111. The third-order valence-corrected chi connectivity index (χ3v) is 4.08. The molecule has 8 nitrogen and oxygen atoms in total. The van der Waals surface area contributed by atoms with E-state index >= 15 is 0 Å². The molecule has 0 aliphatic heterocycles. The maximum Gasteiger partial charge on any atom is 0.332 e. The lowest BCUT2D eigenvalue weighted by Gasteiger charge is -2.10. The molecule has 128 valence electrons. The number of hydrogen-bond acceptors (Lipinski definition) is 6. The van der Waals surface area contributed by atoms with Gasteiger partial charge in [-0.05, 0) is 23.8 Å². The van der Waals surface area contributed by atoms with Gasteiger partial charge in [0.1, 0.15) is 5.39 Å². The molecule has 0 unspecified atom stereocenters. The summed E-state index contributed by atoms with van der Waals surface area (Å²) in [5.41, 5.74) is 0.956. The summed E-state index contributed by atoms with van der Waals surface area (Å²) < 4.78 is 2.52. The maximum absolute atomic E-state index is 12.8. The van der Waals surface area contributed by atoms with Crippen molar-refractivity contribution in [1.82, 2.24) is 29.1 Å². The Balaban J connectivity index is 1.90. The number of nitrogens with zero attached hydrogens (tertiary/aromatic N) is 6. The average Bonchev–Trinajstić information content (AvgIpc) is 2.70. The number of rotatable bonds is 3. The Bertz CT molecular complexity index is 1200. The number of aryl methyl sites for hydroxylation is 1. The van der Waals surface area contributed by atoms with Gasteiger partial charge in [-0.2, -0.15) is 0 Å². The van der Waals surface area contributed by atoms with E-state index in [0.717, 1.165) is 15.7 Å². The molecular formula is C18H14N6O2. The second-order valence-electron chi connectivity index (χ2n) is 5.76. The van der Waals surface area contributed by atoms with Crippen LogP contribution in [0.3, 0.4) is 0 Å². The lowest BCUT2D eigenvalue weighted by atomic mass is 10.2. The number of pyridine rings is 2. The summed E-state index contributed by atoms with van der Waals surface area (Å²) in [5.74, 6) is 0.430. The van der Waals surface area contributed by atoms with Crippen molar-refractivity contribution in [2.75, 3.05) is 0 Å². The highest BCUT2D eigenvalue weighted by Crippen LogP contribution is 2.15. The third kappa shape index (κ3) is 2.67. The molecule has 0 aromatic carbocycles. The van der Waals surface area contributed by atoms with Crippen LogP contribution in [0.4, 0.5) is 0 Å². The first-order valence-corrected chi connectivity index (χ1v) is 7.91. The van der Waals surface area contributed by atoms with Gasteiger partial charge in [-0.1, -0.05) is 6.07 Å². The van der Waals surface area contributed by atoms with Gasteiger partial charge in [0, 0.05) is 43.6 Å². The Kier molecular flexibility index (Phi) is 3.85. The summed E-state index contributed by atoms with van der Waals surface area (Å²) in [6.45, 7) is 0.140. The molecule has 4 heterocycles. The van der Waals surface area contributed by atoms with Crippen LogP contribution in [0.25, 0.3) is 22.4 Å². The molecule has 0 amide bonds. The van der Waals surface area contributed by atoms with Gasteiger partial charge < -0.3 is 0 Å². The van der Waals surface area contributed by atoms with Crippen LogP contribution < -0.4 is 11.2 Å². The zero-order valence-corrected chi connectivity index (χ0v) is 13.9. The van der Waals surface area contributed by atoms with Crippen molar-refractivity contribution >= 4 is 11.0 Å². The van der Waals surface area contributed by atoms with Crippen LogP contribution in [0, 0.1) is 0 Å². The Morgan fingerprint density at radius 3 is 2.54 bits per heavy atom. The smallest absolute Gasteiger partial charge is 0.280 e. The second kappa shape index (κ2) is 6.32. The van der Waals surface area contributed by atoms with Crippen LogP contribution in [0.5, 0.6) is 0 Å². The first-order valence-electron chi connectivity index (χ1n) is 7.91. The van der Waals surface area contributed by atoms with Crippen LogP contribution in [0.1, 0.15) is 5.56 Å². The van der Waals surface area contributed by atoms with Crippen molar-refractivity contribution in [3.05, 3.63) is 81.7 Å². The standard InChI is InChI=1S/C18H14N6O2/c1-23-16-14(10-21-15(22-16)13-4-7-19-8-5-13)17(25)24(18(23)26)11-12-3-2-6-20-9-12/h2-10H,11H2,1H3. The SMILES string of the molecule is Cn1c(=O)n(Cc2cccnc2)c(=O)c2cnc(-c3ccncc3)nc21. The molecule has 0 aliphatic carbocycles. The molecule has 4 aromatic heterocycles. The van der Waals surface area contributed by atoms with Crippen LogP contribution in [-0.2, 0) is 13.6 Å². The van der Waals surface area contributed by atoms with E-state index in [-0.39, 0.29) is 11.9 Å². The Labute approximate surface area is 147 Å². The van der Waals surface area contributed by atoms with Gasteiger partial charge in [-0.3, -0.25) is 23.9 Å². The van der Waals surface area contributed by atoms with Gasteiger partial charge in [0.25, 0.3) is 5.56 Å². The fourth-order valence-corrected chi connectivity index (χ4v) is 2.74. The summed E-state index contributed by atoms with van der Waals surface area (Å²) >= 11 is 0. The predicted molar refractivity (Wildman–Crippen MR) is 95.6 cm³/mol. The van der Waals surface area contributed by atoms with Gasteiger partial charge >= 0.3 is 5.69 Å². The molecule has 0 spiro atoms. The molecule has 0 saturated heterocycles. The molecule has 0 radical (unpaired) electrons. The molecule has 0 N–H and O–H groups in total. The van der Waals surface area contributed by atoms with Crippen molar-refractivity contribution in [3.8, 4) is 11.4 Å². The van der Waals surface area contributed by atoms with E-state index in [2.05, 4.69) is 19.9 Å². The summed E-state index contributed by atoms with van der Waals surface area (Å²) in [5, 5.41) is 0.286. The molecule has 4 aromatic rings. The van der Waals surface area contributed by atoms with E-state index in [1.165, 1.54) is 10.8 Å². The van der Waals surface area contributed by atoms with Crippen molar-refractivity contribution in [1.29, 1.82) is 0 Å². The van der Waals surface area contributed by atoms with Gasteiger partial charge in [0.15, 0.2) is 11.5 Å². The van der Waals surface area contributed by atoms with Crippen LogP contribution in [-0.4, -0.2) is 29.1 Å². The zero-order valence-electron chi connectivity index (χ0n) is 13.9. The summed E-state index contributed by atoms with van der Waals surface area (Å²) in [7, 11) is 1.59. The lowest BCUT2D eigenvalue weighted by molar-refractivity contribution is 0.655. The van der Waals surface area contributed by atoms with Gasteiger partial charge in [-0.15, -0.1) is 0 Å². The van der Waals surface area contributed by atoms with E-state index in [9.17, 15) is 9.59 Å². The van der Waals surface area contributed by atoms with Crippen molar-refractivity contribution in [3.63, 3.8) is 0 Å². The van der Waals surface area contributed by atoms with Crippen LogP contribution in [0.2, 0.25) is 0 Å². The summed E-state index contributed by atoms with van der Waals surface area (Å²) in [6.07, 6.45) is 7.99. The third-order valence-electron chi connectivity index (χ3n) is 4.08. The average molecular weight is 346 g/mol. The first kappa shape index (κ1) is 15.8. The quantitative estimate of drug-likeness (QED) is 0.549. The monoisotopic (exact) mass is 346 g/mol. The molecule has 0 saturated carbocycles. The van der Waals surface area contributed by atoms with E-state index in [4.69, 9.17) is 0 Å². The number of hydrogen-bond donors (Lipinski definition) is 0. The normalized spacial score (nSPS) is 11.0. The van der Waals surface area contributed by atoms with Gasteiger partial charge in [-0.25, -0.2) is 14.8 Å². The van der Waals surface area contributed by atoms with Gasteiger partial charge in [0.2, 0.25) is 0 Å². The molecule has 0 aliphatic rings. The lowest BCUT2D eigenvalue weighted by Crippen LogP contribution is -2.39. The summed E-state index contributed by atoms with van der Waals surface area (Å²) in [6, 6.07) is 7.11. The highest BCUT2D eigenvalue weighted by molar-refractivity contribution is 5.75. The molecule has 26 heavy (non-hydrogen) atoms. The van der Waals surface area contributed by atoms with E-state index < -0.39 is 11.2 Å². The molecule has 8 heteroatoms. The minimum absolute atomic E-state index is 0.140. The minimum Gasteiger partial charge on any atom is -0.280 e. The largest absolute Gasteiger partial charge is 0.332 e. The maximum atomic E-state index is 12.8. The van der Waals surface area contributed by atoms with Crippen LogP contribution >= 0.6 is 0 Å². The molecule has 0 fully saturated rings. The Hall–Kier alpha value is -3.68. The fourth-order valence-electron chi connectivity index (χ4n) is 2.74. The van der Waals surface area contributed by atoms with E-state index in [0.29, 0.717) is 11.5 Å². The number of fused-ring (bicyclic) bond motifs is 1. The molecule has 0 bridgehead atoms.